The highest BCUT2D eigenvalue weighted by Crippen LogP contribution is 2.38. The molecule has 5 heteroatoms. The molecule has 1 aromatic carbocycles. The van der Waals surface area contributed by atoms with E-state index in [-0.39, 0.29) is 22.5 Å². The van der Waals surface area contributed by atoms with Crippen molar-refractivity contribution in [2.75, 3.05) is 7.11 Å². The predicted molar refractivity (Wildman–Crippen MR) is 71.1 cm³/mol. The fraction of sp³-hybridized carbons (Fsp3) is 0.267. The molecule has 1 aliphatic carbocycles. The van der Waals surface area contributed by atoms with Gasteiger partial charge in [0.1, 0.15) is 5.76 Å². The lowest BCUT2D eigenvalue weighted by atomic mass is 9.75. The summed E-state index contributed by atoms with van der Waals surface area (Å²) < 4.78 is 4.64. The molecule has 1 aliphatic rings. The van der Waals surface area contributed by atoms with Crippen molar-refractivity contribution >= 4 is 23.3 Å². The van der Waals surface area contributed by atoms with Gasteiger partial charge >= 0.3 is 5.97 Å². The monoisotopic (exact) mass is 274 g/mol. The Balaban J connectivity index is 2.73. The number of carbonyl (C=O) groups is 3. The van der Waals surface area contributed by atoms with Crippen LogP contribution in [0.3, 0.4) is 0 Å². The van der Waals surface area contributed by atoms with Crippen LogP contribution >= 0.6 is 0 Å². The highest BCUT2D eigenvalue weighted by Gasteiger charge is 2.45. The third-order valence-corrected chi connectivity index (χ3v) is 3.42. The van der Waals surface area contributed by atoms with E-state index in [0.717, 1.165) is 0 Å². The van der Waals surface area contributed by atoms with Crippen LogP contribution in [0.25, 0.3) is 5.76 Å². The molecule has 0 spiro atoms. The lowest BCUT2D eigenvalue weighted by molar-refractivity contribution is -0.149. The number of aliphatic hydroxyl groups excluding tert-OH is 1. The largest absolute Gasteiger partial charge is 0.507 e. The van der Waals surface area contributed by atoms with Gasteiger partial charge in [-0.3, -0.25) is 14.4 Å². The number of benzene rings is 1. The second-order valence-corrected chi connectivity index (χ2v) is 5.04. The molecular formula is C15H14O5. The van der Waals surface area contributed by atoms with E-state index in [0.29, 0.717) is 0 Å². The summed E-state index contributed by atoms with van der Waals surface area (Å²) in [4.78, 5) is 36.1. The first-order chi connectivity index (χ1) is 9.32. The number of ketones is 2. The van der Waals surface area contributed by atoms with E-state index in [4.69, 9.17) is 0 Å². The minimum Gasteiger partial charge on any atom is -0.507 e. The molecule has 0 unspecified atom stereocenters. The van der Waals surface area contributed by atoms with Crippen LogP contribution in [-0.4, -0.2) is 29.8 Å². The smallest absolute Gasteiger partial charge is 0.316 e. The molecule has 0 bridgehead atoms. The Hall–Kier alpha value is -2.43. The van der Waals surface area contributed by atoms with Crippen LogP contribution in [0.2, 0.25) is 0 Å². The summed E-state index contributed by atoms with van der Waals surface area (Å²) in [6.45, 7) is 2.87. The van der Waals surface area contributed by atoms with Gasteiger partial charge in [-0.05, 0) is 13.8 Å². The normalized spacial score (nSPS) is 15.2. The van der Waals surface area contributed by atoms with Crippen LogP contribution in [0, 0.1) is 5.41 Å². The topological polar surface area (TPSA) is 80.7 Å². The summed E-state index contributed by atoms with van der Waals surface area (Å²) in [5, 5.41) is 10.3. The van der Waals surface area contributed by atoms with Gasteiger partial charge in [-0.15, -0.1) is 0 Å². The van der Waals surface area contributed by atoms with Gasteiger partial charge < -0.3 is 9.84 Å². The Morgan fingerprint density at radius 3 is 2.20 bits per heavy atom. The zero-order valence-electron chi connectivity index (χ0n) is 11.4. The molecule has 0 aliphatic heterocycles. The van der Waals surface area contributed by atoms with Gasteiger partial charge in [0.05, 0.1) is 18.1 Å². The van der Waals surface area contributed by atoms with E-state index < -0.39 is 23.0 Å². The fourth-order valence-electron chi connectivity index (χ4n) is 2.30. The summed E-state index contributed by atoms with van der Waals surface area (Å²) in [7, 11) is 1.19. The van der Waals surface area contributed by atoms with Crippen LogP contribution < -0.4 is 0 Å². The summed E-state index contributed by atoms with van der Waals surface area (Å²) in [5.74, 6) is -2.65. The lowest BCUT2D eigenvalue weighted by Gasteiger charge is -2.27. The highest BCUT2D eigenvalue weighted by molar-refractivity contribution is 6.52. The molecule has 2 rings (SSSR count). The van der Waals surface area contributed by atoms with Crippen molar-refractivity contribution in [3.05, 3.63) is 41.0 Å². The van der Waals surface area contributed by atoms with E-state index >= 15 is 0 Å². The van der Waals surface area contributed by atoms with Gasteiger partial charge in [-0.25, -0.2) is 0 Å². The maximum atomic E-state index is 12.2. The Kier molecular flexibility index (Phi) is 3.21. The summed E-state index contributed by atoms with van der Waals surface area (Å²) >= 11 is 0. The SMILES string of the molecule is COC(=O)C(C)(C)C1=C(O)c2ccccc2C(=O)C1=O. The maximum Gasteiger partial charge on any atom is 0.316 e. The first-order valence-corrected chi connectivity index (χ1v) is 6.03. The molecule has 0 atom stereocenters. The zero-order valence-corrected chi connectivity index (χ0v) is 11.4. The van der Waals surface area contributed by atoms with Gasteiger partial charge in [-0.2, -0.15) is 0 Å². The van der Waals surface area contributed by atoms with E-state index in [1.807, 2.05) is 0 Å². The molecule has 0 saturated heterocycles. The van der Waals surface area contributed by atoms with Gasteiger partial charge in [-0.1, -0.05) is 24.3 Å². The molecule has 5 nitrogen and oxygen atoms in total. The van der Waals surface area contributed by atoms with E-state index in [1.54, 1.807) is 12.1 Å². The summed E-state index contributed by atoms with van der Waals surface area (Å²) in [5.41, 5.74) is -1.24. The van der Waals surface area contributed by atoms with Crippen molar-refractivity contribution in [3.8, 4) is 0 Å². The number of Topliss-reactive ketones (excluding diaryl/α,β-unsaturated/α-hetero) is 2. The van der Waals surface area contributed by atoms with Crippen molar-refractivity contribution in [2.24, 2.45) is 5.41 Å². The quantitative estimate of drug-likeness (QED) is 0.658. The van der Waals surface area contributed by atoms with Gasteiger partial charge in [0.25, 0.3) is 0 Å². The number of esters is 1. The molecular weight excluding hydrogens is 260 g/mol. The number of methoxy groups -OCH3 is 1. The zero-order chi connectivity index (χ0) is 15.1. The predicted octanol–water partition coefficient (Wildman–Crippen LogP) is 1.92. The molecule has 0 heterocycles. The standard InChI is InChI=1S/C15H14O5/c1-15(2,14(19)20-3)10-11(16)8-6-4-5-7-9(8)12(17)13(10)18/h4-7,16H,1-3H3. The lowest BCUT2D eigenvalue weighted by Crippen LogP contribution is -2.37. The molecule has 1 N–H and O–H groups in total. The molecule has 0 aromatic heterocycles. The Labute approximate surface area is 115 Å². The van der Waals surface area contributed by atoms with Crippen molar-refractivity contribution in [2.45, 2.75) is 13.8 Å². The third-order valence-electron chi connectivity index (χ3n) is 3.42. The average molecular weight is 274 g/mol. The molecule has 0 saturated carbocycles. The molecule has 104 valence electrons. The second-order valence-electron chi connectivity index (χ2n) is 5.04. The molecule has 0 fully saturated rings. The molecule has 0 radical (unpaired) electrons. The number of ether oxygens (including phenoxy) is 1. The number of hydrogen-bond acceptors (Lipinski definition) is 5. The summed E-state index contributed by atoms with van der Waals surface area (Å²) in [6, 6.07) is 6.24. The third kappa shape index (κ3) is 1.82. The van der Waals surface area contributed by atoms with Crippen molar-refractivity contribution < 1.29 is 24.2 Å². The first-order valence-electron chi connectivity index (χ1n) is 6.03. The second kappa shape index (κ2) is 4.59. The maximum absolute atomic E-state index is 12.2. The Bertz CT molecular complexity index is 652. The van der Waals surface area contributed by atoms with Gasteiger partial charge in [0, 0.05) is 11.1 Å². The number of aliphatic hydroxyl groups is 1. The van der Waals surface area contributed by atoms with E-state index in [1.165, 1.54) is 33.1 Å². The fourth-order valence-corrected chi connectivity index (χ4v) is 2.30. The highest BCUT2D eigenvalue weighted by atomic mass is 16.5. The number of hydrogen-bond donors (Lipinski definition) is 1. The minimum atomic E-state index is -1.40. The van der Waals surface area contributed by atoms with E-state index in [9.17, 15) is 19.5 Å². The van der Waals surface area contributed by atoms with Crippen LogP contribution in [0.15, 0.2) is 29.8 Å². The average Bonchev–Trinajstić information content (AvgIpc) is 2.44. The Morgan fingerprint density at radius 2 is 1.65 bits per heavy atom. The van der Waals surface area contributed by atoms with Crippen LogP contribution in [0.1, 0.15) is 29.8 Å². The van der Waals surface area contributed by atoms with Gasteiger partial charge in [0.2, 0.25) is 11.6 Å². The number of fused-ring (bicyclic) bond motifs is 1. The first kappa shape index (κ1) is 14.0. The van der Waals surface area contributed by atoms with Crippen LogP contribution in [-0.2, 0) is 14.3 Å². The summed E-state index contributed by atoms with van der Waals surface area (Å²) in [6.07, 6.45) is 0. The van der Waals surface area contributed by atoms with Crippen molar-refractivity contribution in [1.29, 1.82) is 0 Å². The van der Waals surface area contributed by atoms with Crippen LogP contribution in [0.4, 0.5) is 0 Å². The number of rotatable bonds is 2. The van der Waals surface area contributed by atoms with E-state index in [2.05, 4.69) is 4.74 Å². The molecule has 0 amide bonds. The van der Waals surface area contributed by atoms with Gasteiger partial charge in [0.15, 0.2) is 0 Å². The number of carbonyl (C=O) groups excluding carboxylic acids is 3. The van der Waals surface area contributed by atoms with Crippen molar-refractivity contribution in [3.63, 3.8) is 0 Å². The van der Waals surface area contributed by atoms with Crippen molar-refractivity contribution in [1.82, 2.24) is 0 Å². The minimum absolute atomic E-state index is 0.138. The molecule has 20 heavy (non-hydrogen) atoms. The molecule has 1 aromatic rings. The van der Waals surface area contributed by atoms with Crippen LogP contribution in [0.5, 0.6) is 0 Å². The Morgan fingerprint density at radius 1 is 1.10 bits per heavy atom.